The van der Waals surface area contributed by atoms with Gasteiger partial charge < -0.3 is 14.7 Å². The predicted molar refractivity (Wildman–Crippen MR) is 63.8 cm³/mol. The van der Waals surface area contributed by atoms with Crippen LogP contribution in [0.25, 0.3) is 0 Å². The number of amides is 1. The number of benzene rings is 1. The van der Waals surface area contributed by atoms with Gasteiger partial charge in [-0.1, -0.05) is 18.7 Å². The Morgan fingerprint density at radius 2 is 2.21 bits per heavy atom. The molecule has 1 N–H and O–H groups in total. The van der Waals surface area contributed by atoms with Gasteiger partial charge in [0.25, 0.3) is 0 Å². The molecule has 102 valence electrons. The summed E-state index contributed by atoms with van der Waals surface area (Å²) >= 11 is 0. The first-order valence-electron chi connectivity index (χ1n) is 5.69. The molecule has 1 atom stereocenters. The van der Waals surface area contributed by atoms with Crippen molar-refractivity contribution in [2.45, 2.75) is 5.60 Å². The molecule has 1 aliphatic heterocycles. The van der Waals surface area contributed by atoms with Gasteiger partial charge in [0.1, 0.15) is 5.60 Å². The molecule has 0 bridgehead atoms. The topological polar surface area (TPSA) is 49.8 Å². The van der Waals surface area contributed by atoms with Crippen molar-refractivity contribution in [2.75, 3.05) is 19.7 Å². The van der Waals surface area contributed by atoms with Gasteiger partial charge in [-0.3, -0.25) is 0 Å². The van der Waals surface area contributed by atoms with Gasteiger partial charge in [0, 0.05) is 6.54 Å². The Bertz CT molecular complexity index is 521. The molecule has 0 aliphatic carbocycles. The lowest BCUT2D eigenvalue weighted by Crippen LogP contribution is -2.50. The zero-order chi connectivity index (χ0) is 14.0. The zero-order valence-corrected chi connectivity index (χ0v) is 10.1. The largest absolute Gasteiger partial charge is 0.465 e. The molecular weight excluding hydrogens is 256 g/mol. The van der Waals surface area contributed by atoms with Gasteiger partial charge in [-0.2, -0.15) is 0 Å². The molecule has 1 fully saturated rings. The molecule has 1 heterocycles. The van der Waals surface area contributed by atoms with E-state index in [1.807, 2.05) is 0 Å². The van der Waals surface area contributed by atoms with E-state index in [1.165, 1.54) is 12.1 Å². The molecule has 1 aromatic rings. The second-order valence-electron chi connectivity index (χ2n) is 4.28. The van der Waals surface area contributed by atoms with Crippen molar-refractivity contribution in [2.24, 2.45) is 0 Å². The minimum absolute atomic E-state index is 0.00307. The minimum Gasteiger partial charge on any atom is -0.465 e. The summed E-state index contributed by atoms with van der Waals surface area (Å²) in [6.45, 7) is 4.01. The number of carbonyl (C=O) groups is 1. The fraction of sp³-hybridized carbons (Fsp3) is 0.308. The first-order valence-corrected chi connectivity index (χ1v) is 5.69. The van der Waals surface area contributed by atoms with Crippen LogP contribution in [0, 0.1) is 11.6 Å². The minimum atomic E-state index is -1.15. The summed E-state index contributed by atoms with van der Waals surface area (Å²) in [6, 6.07) is 3.35. The summed E-state index contributed by atoms with van der Waals surface area (Å²) in [5.41, 5.74) is -0.807. The SMILES string of the molecule is C=CC1(c2ccc(F)c(F)c2)CN(C(=O)O)CCO1. The van der Waals surface area contributed by atoms with Crippen molar-refractivity contribution in [1.29, 1.82) is 0 Å². The molecule has 1 aliphatic rings. The van der Waals surface area contributed by atoms with Crippen LogP contribution in [0.5, 0.6) is 0 Å². The van der Waals surface area contributed by atoms with Crippen molar-refractivity contribution >= 4 is 6.09 Å². The van der Waals surface area contributed by atoms with E-state index in [9.17, 15) is 13.6 Å². The van der Waals surface area contributed by atoms with E-state index in [4.69, 9.17) is 9.84 Å². The molecule has 19 heavy (non-hydrogen) atoms. The van der Waals surface area contributed by atoms with Crippen LogP contribution >= 0.6 is 0 Å². The first kappa shape index (κ1) is 13.5. The predicted octanol–water partition coefficient (Wildman–Crippen LogP) is 2.36. The number of ether oxygens (including phenoxy) is 1. The smallest absolute Gasteiger partial charge is 0.407 e. The average Bonchev–Trinajstić information content (AvgIpc) is 2.41. The maximum absolute atomic E-state index is 13.3. The van der Waals surface area contributed by atoms with Crippen LogP contribution in [0.2, 0.25) is 0 Å². The highest BCUT2D eigenvalue weighted by Crippen LogP contribution is 2.32. The van der Waals surface area contributed by atoms with Gasteiger partial charge in [-0.25, -0.2) is 13.6 Å². The van der Waals surface area contributed by atoms with Crippen molar-refractivity contribution in [1.82, 2.24) is 4.90 Å². The molecule has 0 spiro atoms. The highest BCUT2D eigenvalue weighted by molar-refractivity contribution is 5.65. The zero-order valence-electron chi connectivity index (χ0n) is 10.1. The van der Waals surface area contributed by atoms with E-state index < -0.39 is 23.3 Å². The third-order valence-electron chi connectivity index (χ3n) is 3.16. The molecule has 1 unspecified atom stereocenters. The number of morpholine rings is 1. The number of halogens is 2. The number of nitrogens with zero attached hydrogens (tertiary/aromatic N) is 1. The van der Waals surface area contributed by atoms with Gasteiger partial charge in [-0.15, -0.1) is 0 Å². The maximum atomic E-state index is 13.3. The molecule has 0 saturated carbocycles. The lowest BCUT2D eigenvalue weighted by atomic mass is 9.91. The van der Waals surface area contributed by atoms with E-state index in [0.717, 1.165) is 17.0 Å². The fourth-order valence-electron chi connectivity index (χ4n) is 2.08. The lowest BCUT2D eigenvalue weighted by molar-refractivity contribution is -0.0756. The normalized spacial score (nSPS) is 23.2. The summed E-state index contributed by atoms with van der Waals surface area (Å²) in [5, 5.41) is 9.01. The van der Waals surface area contributed by atoms with Crippen LogP contribution < -0.4 is 0 Å². The Morgan fingerprint density at radius 3 is 2.79 bits per heavy atom. The van der Waals surface area contributed by atoms with Crippen LogP contribution in [-0.2, 0) is 10.3 Å². The Kier molecular flexibility index (Phi) is 3.53. The van der Waals surface area contributed by atoms with Crippen LogP contribution in [-0.4, -0.2) is 35.8 Å². The van der Waals surface area contributed by atoms with Gasteiger partial charge >= 0.3 is 6.09 Å². The van der Waals surface area contributed by atoms with Gasteiger partial charge in [0.15, 0.2) is 11.6 Å². The Labute approximate surface area is 108 Å². The fourth-order valence-corrected chi connectivity index (χ4v) is 2.08. The van der Waals surface area contributed by atoms with Gasteiger partial charge in [-0.05, 0) is 17.7 Å². The van der Waals surface area contributed by atoms with Crippen molar-refractivity contribution in [3.8, 4) is 0 Å². The Hall–Kier alpha value is -1.95. The van der Waals surface area contributed by atoms with Gasteiger partial charge in [0.05, 0.1) is 13.2 Å². The van der Waals surface area contributed by atoms with Crippen LogP contribution in [0.3, 0.4) is 0 Å². The van der Waals surface area contributed by atoms with E-state index in [0.29, 0.717) is 5.56 Å². The summed E-state index contributed by atoms with van der Waals surface area (Å²) in [6.07, 6.45) is 0.325. The number of hydrogen-bond acceptors (Lipinski definition) is 2. The summed E-state index contributed by atoms with van der Waals surface area (Å²) in [4.78, 5) is 12.2. The maximum Gasteiger partial charge on any atom is 0.407 e. The average molecular weight is 269 g/mol. The van der Waals surface area contributed by atoms with Crippen molar-refractivity contribution in [3.63, 3.8) is 0 Å². The summed E-state index contributed by atoms with van der Waals surface area (Å²) in [5.74, 6) is -1.97. The second-order valence-corrected chi connectivity index (χ2v) is 4.28. The van der Waals surface area contributed by atoms with E-state index in [-0.39, 0.29) is 19.7 Å². The molecule has 2 rings (SSSR count). The lowest BCUT2D eigenvalue weighted by Gasteiger charge is -2.40. The van der Waals surface area contributed by atoms with Gasteiger partial charge in [0.2, 0.25) is 0 Å². The molecule has 0 radical (unpaired) electrons. The molecule has 1 amide bonds. The molecule has 1 aromatic carbocycles. The molecule has 0 aromatic heterocycles. The monoisotopic (exact) mass is 269 g/mol. The van der Waals surface area contributed by atoms with Crippen molar-refractivity contribution in [3.05, 3.63) is 48.1 Å². The standard InChI is InChI=1S/C13H13F2NO3/c1-2-13(8-16(12(17)18)5-6-19-13)9-3-4-10(14)11(15)7-9/h2-4,7H,1,5-6,8H2,(H,17,18). The summed E-state index contributed by atoms with van der Waals surface area (Å²) in [7, 11) is 0. The van der Waals surface area contributed by atoms with Crippen LogP contribution in [0.1, 0.15) is 5.56 Å². The highest BCUT2D eigenvalue weighted by atomic mass is 19.2. The highest BCUT2D eigenvalue weighted by Gasteiger charge is 2.38. The second kappa shape index (κ2) is 4.97. The third kappa shape index (κ3) is 2.44. The summed E-state index contributed by atoms with van der Waals surface area (Å²) < 4.78 is 31.8. The molecule has 4 nitrogen and oxygen atoms in total. The molecule has 1 saturated heterocycles. The number of hydrogen-bond donors (Lipinski definition) is 1. The molecule has 6 heteroatoms. The third-order valence-corrected chi connectivity index (χ3v) is 3.16. The van der Waals surface area contributed by atoms with E-state index in [2.05, 4.69) is 6.58 Å². The van der Waals surface area contributed by atoms with E-state index in [1.54, 1.807) is 0 Å². The van der Waals surface area contributed by atoms with E-state index >= 15 is 0 Å². The van der Waals surface area contributed by atoms with Crippen LogP contribution in [0.15, 0.2) is 30.9 Å². The first-order chi connectivity index (χ1) is 8.98. The Morgan fingerprint density at radius 1 is 1.47 bits per heavy atom. The quantitative estimate of drug-likeness (QED) is 0.838. The number of rotatable bonds is 2. The molecular formula is C13H13F2NO3. The van der Waals surface area contributed by atoms with Crippen LogP contribution in [0.4, 0.5) is 13.6 Å². The van der Waals surface area contributed by atoms with Crippen molar-refractivity contribution < 1.29 is 23.4 Å². The Balaban J connectivity index is 2.38. The number of carboxylic acid groups (broad SMARTS) is 1.